The molecule has 0 aromatic heterocycles. The minimum atomic E-state index is -0.927. The second kappa shape index (κ2) is 6.58. The van der Waals surface area contributed by atoms with Crippen LogP contribution in [0.4, 0.5) is 14.5 Å². The molecule has 3 N–H and O–H groups in total. The van der Waals surface area contributed by atoms with Gasteiger partial charge in [0.15, 0.2) is 11.6 Å². The van der Waals surface area contributed by atoms with E-state index in [9.17, 15) is 13.6 Å². The first-order valence-corrected chi connectivity index (χ1v) is 7.13. The van der Waals surface area contributed by atoms with Crippen LogP contribution in [0.3, 0.4) is 0 Å². The summed E-state index contributed by atoms with van der Waals surface area (Å²) in [5.74, 6) is -2.07. The maximum atomic E-state index is 13.2. The molecule has 0 heterocycles. The van der Waals surface area contributed by atoms with E-state index in [0.29, 0.717) is 27.6 Å². The quantitative estimate of drug-likeness (QED) is 0.851. The molecule has 2 aromatic carbocycles. The number of hydrogen-bond donors (Lipinski definition) is 2. The highest BCUT2D eigenvalue weighted by Crippen LogP contribution is 2.32. The molecule has 2 aromatic rings. The minimum Gasteiger partial charge on any atom is -0.399 e. The number of rotatable bonds is 4. The number of nitrogens with one attached hydrogen (secondary N) is 1. The van der Waals surface area contributed by atoms with E-state index in [2.05, 4.69) is 5.32 Å². The van der Waals surface area contributed by atoms with Crippen molar-refractivity contribution in [3.8, 4) is 0 Å². The number of carbonyl (C=O) groups excluding carboxylic acids is 1. The van der Waals surface area contributed by atoms with Crippen LogP contribution in [0, 0.1) is 11.6 Å². The van der Waals surface area contributed by atoms with E-state index in [1.54, 1.807) is 18.2 Å². The Labute approximate surface area is 125 Å². The first-order valence-electron chi connectivity index (χ1n) is 6.32. The molecule has 110 valence electrons. The van der Waals surface area contributed by atoms with E-state index in [1.165, 1.54) is 6.07 Å². The van der Waals surface area contributed by atoms with Crippen molar-refractivity contribution in [2.24, 2.45) is 0 Å². The predicted octanol–water partition coefficient (Wildman–Crippen LogP) is 3.45. The smallest absolute Gasteiger partial charge is 0.252 e. The molecule has 6 heteroatoms. The monoisotopic (exact) mass is 308 g/mol. The van der Waals surface area contributed by atoms with Crippen molar-refractivity contribution in [1.29, 1.82) is 0 Å². The Kier molecular flexibility index (Phi) is 4.80. The normalized spacial score (nSPS) is 10.4. The van der Waals surface area contributed by atoms with Crippen molar-refractivity contribution in [3.63, 3.8) is 0 Å². The molecule has 0 unspecified atom stereocenters. The van der Waals surface area contributed by atoms with Gasteiger partial charge in [0.2, 0.25) is 0 Å². The van der Waals surface area contributed by atoms with E-state index < -0.39 is 11.6 Å². The van der Waals surface area contributed by atoms with Gasteiger partial charge in [0.1, 0.15) is 0 Å². The molecule has 2 rings (SSSR count). The Morgan fingerprint density at radius 2 is 1.95 bits per heavy atom. The van der Waals surface area contributed by atoms with E-state index in [0.717, 1.165) is 23.9 Å². The number of amides is 1. The molecule has 0 fully saturated rings. The molecule has 0 spiro atoms. The highest BCUT2D eigenvalue weighted by Gasteiger charge is 2.13. The second-order valence-electron chi connectivity index (χ2n) is 4.29. The van der Waals surface area contributed by atoms with E-state index in [-0.39, 0.29) is 5.91 Å². The van der Waals surface area contributed by atoms with Crippen LogP contribution < -0.4 is 11.1 Å². The van der Waals surface area contributed by atoms with Crippen LogP contribution in [0.25, 0.3) is 0 Å². The molecular formula is C15H14F2N2OS. The van der Waals surface area contributed by atoms with Gasteiger partial charge in [-0.15, -0.1) is 0 Å². The first kappa shape index (κ1) is 15.3. The summed E-state index contributed by atoms with van der Waals surface area (Å²) in [6.07, 6.45) is 0. The van der Waals surface area contributed by atoms with Crippen LogP contribution in [-0.4, -0.2) is 12.5 Å². The summed E-state index contributed by atoms with van der Waals surface area (Å²) in [4.78, 5) is 13.1. The van der Waals surface area contributed by atoms with E-state index >= 15 is 0 Å². The van der Waals surface area contributed by atoms with Crippen LogP contribution in [0.15, 0.2) is 46.2 Å². The minimum absolute atomic E-state index is 0.234. The summed E-state index contributed by atoms with van der Waals surface area (Å²) in [6.45, 7) is 2.32. The molecule has 0 aliphatic rings. The highest BCUT2D eigenvalue weighted by molar-refractivity contribution is 7.99. The van der Waals surface area contributed by atoms with E-state index in [1.807, 2.05) is 6.92 Å². The lowest BCUT2D eigenvalue weighted by molar-refractivity contribution is 0.0953. The second-order valence-corrected chi connectivity index (χ2v) is 5.41. The number of anilines is 1. The summed E-state index contributed by atoms with van der Waals surface area (Å²) in [5, 5.41) is 2.70. The van der Waals surface area contributed by atoms with Crippen molar-refractivity contribution >= 4 is 23.4 Å². The lowest BCUT2D eigenvalue weighted by atomic mass is 10.2. The summed E-state index contributed by atoms with van der Waals surface area (Å²) in [7, 11) is 0. The van der Waals surface area contributed by atoms with E-state index in [4.69, 9.17) is 5.73 Å². The van der Waals surface area contributed by atoms with Crippen LogP contribution in [0.1, 0.15) is 17.3 Å². The molecule has 0 bridgehead atoms. The fourth-order valence-electron chi connectivity index (χ4n) is 1.73. The summed E-state index contributed by atoms with van der Waals surface area (Å²) >= 11 is 1.16. The van der Waals surface area contributed by atoms with Crippen LogP contribution in [0.2, 0.25) is 0 Å². The number of hydrogen-bond acceptors (Lipinski definition) is 3. The van der Waals surface area contributed by atoms with Crippen LogP contribution in [-0.2, 0) is 0 Å². The molecule has 0 saturated heterocycles. The number of benzene rings is 2. The van der Waals surface area contributed by atoms with Crippen molar-refractivity contribution in [2.45, 2.75) is 16.7 Å². The fraction of sp³-hybridized carbons (Fsp3) is 0.133. The Morgan fingerprint density at radius 1 is 1.19 bits per heavy atom. The summed E-state index contributed by atoms with van der Waals surface area (Å²) < 4.78 is 26.2. The average molecular weight is 308 g/mol. The van der Waals surface area contributed by atoms with Gasteiger partial charge in [-0.05, 0) is 43.3 Å². The number of nitrogens with two attached hydrogens (primary N) is 1. The third-order valence-electron chi connectivity index (χ3n) is 2.71. The topological polar surface area (TPSA) is 55.1 Å². The Morgan fingerprint density at radius 3 is 2.62 bits per heavy atom. The first-order chi connectivity index (χ1) is 10.0. The van der Waals surface area contributed by atoms with Gasteiger partial charge in [-0.25, -0.2) is 8.78 Å². The average Bonchev–Trinajstić information content (AvgIpc) is 2.43. The van der Waals surface area contributed by atoms with Gasteiger partial charge in [0, 0.05) is 22.0 Å². The summed E-state index contributed by atoms with van der Waals surface area (Å²) in [5.41, 5.74) is 6.67. The zero-order chi connectivity index (χ0) is 15.4. The third kappa shape index (κ3) is 3.72. The van der Waals surface area contributed by atoms with Crippen LogP contribution >= 0.6 is 11.8 Å². The van der Waals surface area contributed by atoms with Crippen molar-refractivity contribution in [3.05, 3.63) is 53.6 Å². The highest BCUT2D eigenvalue weighted by atomic mass is 32.2. The lowest BCUT2D eigenvalue weighted by Crippen LogP contribution is -2.23. The molecule has 0 aliphatic heterocycles. The molecule has 1 amide bonds. The van der Waals surface area contributed by atoms with Crippen molar-refractivity contribution in [1.82, 2.24) is 5.32 Å². The van der Waals surface area contributed by atoms with Gasteiger partial charge in [-0.2, -0.15) is 0 Å². The SMILES string of the molecule is CCNC(=O)c1ccc(N)cc1Sc1ccc(F)c(F)c1. The van der Waals surface area contributed by atoms with Gasteiger partial charge < -0.3 is 11.1 Å². The Bertz CT molecular complexity index is 677. The summed E-state index contributed by atoms with van der Waals surface area (Å²) in [6, 6.07) is 8.47. The third-order valence-corrected chi connectivity index (χ3v) is 3.75. The maximum absolute atomic E-state index is 13.2. The Balaban J connectivity index is 2.35. The number of carbonyl (C=O) groups is 1. The van der Waals surface area contributed by atoms with Crippen molar-refractivity contribution in [2.75, 3.05) is 12.3 Å². The zero-order valence-corrected chi connectivity index (χ0v) is 12.1. The maximum Gasteiger partial charge on any atom is 0.252 e. The van der Waals surface area contributed by atoms with Gasteiger partial charge in [-0.3, -0.25) is 4.79 Å². The standard InChI is InChI=1S/C15H14F2N2OS/c1-2-19-15(20)11-5-3-9(18)7-14(11)21-10-4-6-12(16)13(17)8-10/h3-8H,2,18H2,1H3,(H,19,20). The van der Waals surface area contributed by atoms with Gasteiger partial charge in [0.25, 0.3) is 5.91 Å². The molecule has 0 radical (unpaired) electrons. The van der Waals surface area contributed by atoms with Gasteiger partial charge >= 0.3 is 0 Å². The molecule has 0 saturated carbocycles. The van der Waals surface area contributed by atoms with Crippen molar-refractivity contribution < 1.29 is 13.6 Å². The van der Waals surface area contributed by atoms with Crippen LogP contribution in [0.5, 0.6) is 0 Å². The lowest BCUT2D eigenvalue weighted by Gasteiger charge is -2.10. The molecule has 0 aliphatic carbocycles. The van der Waals surface area contributed by atoms with Gasteiger partial charge in [-0.1, -0.05) is 11.8 Å². The molecule has 0 atom stereocenters. The molecule has 21 heavy (non-hydrogen) atoms. The predicted molar refractivity (Wildman–Crippen MR) is 79.3 cm³/mol. The largest absolute Gasteiger partial charge is 0.399 e. The number of halogens is 2. The zero-order valence-electron chi connectivity index (χ0n) is 11.3. The molecular weight excluding hydrogens is 294 g/mol. The Hall–Kier alpha value is -2.08. The molecule has 3 nitrogen and oxygen atoms in total. The number of nitrogen functional groups attached to an aromatic ring is 1. The van der Waals surface area contributed by atoms with Gasteiger partial charge in [0.05, 0.1) is 5.56 Å². The fourth-order valence-corrected chi connectivity index (χ4v) is 2.75.